The van der Waals surface area contributed by atoms with E-state index in [2.05, 4.69) is 40.1 Å². The highest BCUT2D eigenvalue weighted by atomic mass is 16.4. The number of carboxylic acid groups (broad SMARTS) is 1. The Morgan fingerprint density at radius 3 is 2.50 bits per heavy atom. The van der Waals surface area contributed by atoms with E-state index in [-0.39, 0.29) is 5.92 Å². The summed E-state index contributed by atoms with van der Waals surface area (Å²) < 4.78 is 0. The topological polar surface area (TPSA) is 43.8 Å². The molecule has 1 aromatic rings. The Morgan fingerprint density at radius 2 is 1.82 bits per heavy atom. The summed E-state index contributed by atoms with van der Waals surface area (Å²) in [7, 11) is 0. The predicted molar refractivity (Wildman–Crippen MR) is 86.7 cm³/mol. The van der Waals surface area contributed by atoms with E-state index in [1.165, 1.54) is 18.4 Å². The molecular formula is C18H26N2O2. The number of carboxylic acids is 1. The van der Waals surface area contributed by atoms with Gasteiger partial charge in [0.1, 0.15) is 0 Å². The molecule has 0 bridgehead atoms. The average molecular weight is 302 g/mol. The van der Waals surface area contributed by atoms with Crippen LogP contribution in [0.4, 0.5) is 0 Å². The minimum absolute atomic E-state index is 0.156. The van der Waals surface area contributed by atoms with Crippen LogP contribution in [0.25, 0.3) is 0 Å². The van der Waals surface area contributed by atoms with Crippen molar-refractivity contribution in [2.75, 3.05) is 26.2 Å². The lowest BCUT2D eigenvalue weighted by atomic mass is 9.94. The molecule has 2 aliphatic heterocycles. The number of benzene rings is 1. The SMILES string of the molecule is O=C(O)[C@H]1CCCN(C2CCN(Cc3ccccc3)CC2)C1. The van der Waals surface area contributed by atoms with E-state index in [1.807, 2.05) is 0 Å². The van der Waals surface area contributed by atoms with E-state index in [0.29, 0.717) is 6.04 Å². The van der Waals surface area contributed by atoms with Crippen LogP contribution in [0.2, 0.25) is 0 Å². The molecule has 2 heterocycles. The first-order chi connectivity index (χ1) is 10.7. The van der Waals surface area contributed by atoms with Gasteiger partial charge in [0, 0.05) is 19.1 Å². The van der Waals surface area contributed by atoms with Crippen molar-refractivity contribution in [2.45, 2.75) is 38.3 Å². The average Bonchev–Trinajstić information content (AvgIpc) is 2.56. The fraction of sp³-hybridized carbons (Fsp3) is 0.611. The van der Waals surface area contributed by atoms with Gasteiger partial charge in [0.2, 0.25) is 0 Å². The van der Waals surface area contributed by atoms with Crippen molar-refractivity contribution in [1.29, 1.82) is 0 Å². The van der Waals surface area contributed by atoms with E-state index in [1.54, 1.807) is 0 Å². The largest absolute Gasteiger partial charge is 0.481 e. The molecule has 0 saturated carbocycles. The number of likely N-dealkylation sites (tertiary alicyclic amines) is 2. The summed E-state index contributed by atoms with van der Waals surface area (Å²) in [5, 5.41) is 9.23. The van der Waals surface area contributed by atoms with E-state index < -0.39 is 5.97 Å². The Balaban J connectivity index is 1.48. The molecule has 1 atom stereocenters. The number of aliphatic carboxylic acids is 1. The zero-order valence-corrected chi connectivity index (χ0v) is 13.2. The second-order valence-corrected chi connectivity index (χ2v) is 6.67. The van der Waals surface area contributed by atoms with Crippen LogP contribution in [0.15, 0.2) is 30.3 Å². The molecule has 1 N–H and O–H groups in total. The fourth-order valence-electron chi connectivity index (χ4n) is 3.82. The number of hydrogen-bond acceptors (Lipinski definition) is 3. The zero-order valence-electron chi connectivity index (χ0n) is 13.2. The smallest absolute Gasteiger partial charge is 0.307 e. The fourth-order valence-corrected chi connectivity index (χ4v) is 3.82. The van der Waals surface area contributed by atoms with Crippen molar-refractivity contribution in [1.82, 2.24) is 9.80 Å². The molecule has 1 aromatic carbocycles. The van der Waals surface area contributed by atoms with Crippen molar-refractivity contribution >= 4 is 5.97 Å². The standard InChI is InChI=1S/C18H26N2O2/c21-18(22)16-7-4-10-20(14-16)17-8-11-19(12-9-17)13-15-5-2-1-3-6-15/h1-3,5-6,16-17H,4,7-14H2,(H,21,22)/t16-/m0/s1. The van der Waals surface area contributed by atoms with Crippen LogP contribution in [-0.4, -0.2) is 53.1 Å². The third-order valence-corrected chi connectivity index (χ3v) is 5.12. The number of nitrogens with zero attached hydrogens (tertiary/aromatic N) is 2. The van der Waals surface area contributed by atoms with Crippen molar-refractivity contribution in [2.24, 2.45) is 5.92 Å². The first-order valence-electron chi connectivity index (χ1n) is 8.45. The Kier molecular flexibility index (Phi) is 5.11. The monoisotopic (exact) mass is 302 g/mol. The second kappa shape index (κ2) is 7.25. The highest BCUT2D eigenvalue weighted by Crippen LogP contribution is 2.24. The highest BCUT2D eigenvalue weighted by Gasteiger charge is 2.31. The van der Waals surface area contributed by atoms with Gasteiger partial charge in [-0.05, 0) is 50.9 Å². The number of rotatable bonds is 4. The highest BCUT2D eigenvalue weighted by molar-refractivity contribution is 5.70. The van der Waals surface area contributed by atoms with Crippen molar-refractivity contribution < 1.29 is 9.90 Å². The summed E-state index contributed by atoms with van der Waals surface area (Å²) >= 11 is 0. The van der Waals surface area contributed by atoms with Crippen LogP contribution in [-0.2, 0) is 11.3 Å². The zero-order chi connectivity index (χ0) is 15.4. The van der Waals surface area contributed by atoms with Gasteiger partial charge in [-0.2, -0.15) is 0 Å². The molecule has 2 fully saturated rings. The third kappa shape index (κ3) is 3.87. The Morgan fingerprint density at radius 1 is 1.09 bits per heavy atom. The molecule has 3 rings (SSSR count). The van der Waals surface area contributed by atoms with Gasteiger partial charge in [-0.3, -0.25) is 14.6 Å². The van der Waals surface area contributed by atoms with Gasteiger partial charge in [-0.25, -0.2) is 0 Å². The molecule has 2 saturated heterocycles. The molecule has 4 nitrogen and oxygen atoms in total. The number of piperidine rings is 2. The second-order valence-electron chi connectivity index (χ2n) is 6.67. The summed E-state index contributed by atoms with van der Waals surface area (Å²) in [6, 6.07) is 11.2. The maximum absolute atomic E-state index is 11.2. The van der Waals surface area contributed by atoms with E-state index in [4.69, 9.17) is 0 Å². The minimum Gasteiger partial charge on any atom is -0.481 e. The first kappa shape index (κ1) is 15.5. The molecule has 0 aromatic heterocycles. The van der Waals surface area contributed by atoms with Gasteiger partial charge in [0.05, 0.1) is 5.92 Å². The maximum Gasteiger partial charge on any atom is 0.307 e. The number of carbonyl (C=O) groups is 1. The Labute approximate surface area is 132 Å². The molecule has 120 valence electrons. The van der Waals surface area contributed by atoms with E-state index in [9.17, 15) is 9.90 Å². The van der Waals surface area contributed by atoms with Crippen molar-refractivity contribution in [3.8, 4) is 0 Å². The van der Waals surface area contributed by atoms with Gasteiger partial charge < -0.3 is 5.11 Å². The van der Waals surface area contributed by atoms with Crippen LogP contribution in [0.1, 0.15) is 31.2 Å². The quantitative estimate of drug-likeness (QED) is 0.928. The van der Waals surface area contributed by atoms with Gasteiger partial charge >= 0.3 is 5.97 Å². The van der Waals surface area contributed by atoms with Gasteiger partial charge in [-0.1, -0.05) is 30.3 Å². The first-order valence-corrected chi connectivity index (χ1v) is 8.45. The number of hydrogen-bond donors (Lipinski definition) is 1. The minimum atomic E-state index is -0.619. The van der Waals surface area contributed by atoms with E-state index >= 15 is 0 Å². The van der Waals surface area contributed by atoms with Crippen molar-refractivity contribution in [3.63, 3.8) is 0 Å². The van der Waals surface area contributed by atoms with Gasteiger partial charge in [0.15, 0.2) is 0 Å². The van der Waals surface area contributed by atoms with Crippen LogP contribution in [0.5, 0.6) is 0 Å². The van der Waals surface area contributed by atoms with Crippen LogP contribution in [0.3, 0.4) is 0 Å². The summed E-state index contributed by atoms with van der Waals surface area (Å²) in [6.07, 6.45) is 4.21. The van der Waals surface area contributed by atoms with Crippen LogP contribution >= 0.6 is 0 Å². The van der Waals surface area contributed by atoms with Crippen molar-refractivity contribution in [3.05, 3.63) is 35.9 Å². The Bertz CT molecular complexity index is 483. The Hall–Kier alpha value is -1.39. The van der Waals surface area contributed by atoms with Crippen LogP contribution in [0, 0.1) is 5.92 Å². The molecule has 0 aliphatic carbocycles. The molecule has 4 heteroatoms. The molecule has 0 amide bonds. The molecule has 0 spiro atoms. The van der Waals surface area contributed by atoms with Gasteiger partial charge in [-0.15, -0.1) is 0 Å². The van der Waals surface area contributed by atoms with E-state index in [0.717, 1.165) is 45.6 Å². The third-order valence-electron chi connectivity index (χ3n) is 5.12. The molecular weight excluding hydrogens is 276 g/mol. The summed E-state index contributed by atoms with van der Waals surface area (Å²) in [6.45, 7) is 5.10. The molecule has 0 radical (unpaired) electrons. The van der Waals surface area contributed by atoms with Gasteiger partial charge in [0.25, 0.3) is 0 Å². The summed E-state index contributed by atoms with van der Waals surface area (Å²) in [4.78, 5) is 16.2. The van der Waals surface area contributed by atoms with Crippen LogP contribution < -0.4 is 0 Å². The lowest BCUT2D eigenvalue weighted by Gasteiger charge is -2.41. The predicted octanol–water partition coefficient (Wildman–Crippen LogP) is 2.45. The lowest BCUT2D eigenvalue weighted by molar-refractivity contribution is -0.144. The molecule has 0 unspecified atom stereocenters. The summed E-state index contributed by atoms with van der Waals surface area (Å²) in [5.74, 6) is -0.776. The molecule has 22 heavy (non-hydrogen) atoms. The maximum atomic E-state index is 11.2. The summed E-state index contributed by atoms with van der Waals surface area (Å²) in [5.41, 5.74) is 1.38. The molecule has 2 aliphatic rings. The lowest BCUT2D eigenvalue weighted by Crippen LogP contribution is -2.49. The normalized spacial score (nSPS) is 25.2.